The molecule has 0 bridgehead atoms. The molecule has 1 rings (SSSR count). The number of benzene rings is 1. The first-order valence-electron chi connectivity index (χ1n) is 7.70. The summed E-state index contributed by atoms with van der Waals surface area (Å²) in [4.78, 5) is 31.6. The molecule has 0 fully saturated rings. The standard InChI is InChI=1S/C13H21ClN3O9PS2.2Na/c1-15(10-11-6-4-5-7-12(11)26-27(19,20)21)13(18)17(29(3,24)25)16(9-8-14)28(2,22)23;;/h4-7H,8-10H2,1-3H3,(H2,19,20,21);;. The number of carbonyl (C=O) groups excluding carboxylic acids is 1. The molecule has 0 aliphatic carbocycles. The number of amides is 2. The number of hydrazine groups is 1. The predicted molar refractivity (Wildman–Crippen MR) is 116 cm³/mol. The van der Waals surface area contributed by atoms with Gasteiger partial charge in [0.15, 0.2) is 0 Å². The van der Waals surface area contributed by atoms with Crippen LogP contribution in [0.25, 0.3) is 0 Å². The molecule has 0 spiro atoms. The second kappa shape index (κ2) is 13.5. The molecule has 18 heteroatoms. The van der Waals surface area contributed by atoms with Crippen LogP contribution in [0, 0.1) is 0 Å². The summed E-state index contributed by atoms with van der Waals surface area (Å²) in [6.07, 6.45) is 1.37. The van der Waals surface area contributed by atoms with Crippen LogP contribution in [0.2, 0.25) is 0 Å². The van der Waals surface area contributed by atoms with Gasteiger partial charge in [-0.05, 0) is 6.07 Å². The van der Waals surface area contributed by atoms with Crippen molar-refractivity contribution < 1.29 is 40.5 Å². The average molecular weight is 540 g/mol. The SMILES string of the molecule is CN(Cc1ccccc1OP(=O)(O)O)C(=O)N(N(CCCl)S(C)(=O)=O)S(C)(=O)=O.[Na].[Na]. The van der Waals surface area contributed by atoms with Gasteiger partial charge in [0, 0.05) is 84.2 Å². The number of para-hydroxylation sites is 1. The molecule has 168 valence electrons. The maximum Gasteiger partial charge on any atom is 0.524 e. The number of rotatable bonds is 9. The molecule has 0 aliphatic heterocycles. The minimum Gasteiger partial charge on any atom is -0.404 e. The number of nitrogens with zero attached hydrogens (tertiary/aromatic N) is 3. The number of carbonyl (C=O) groups is 1. The fourth-order valence-corrected chi connectivity index (χ4v) is 5.21. The van der Waals surface area contributed by atoms with Crippen LogP contribution in [-0.4, -0.2) is 137 Å². The summed E-state index contributed by atoms with van der Waals surface area (Å²) in [5.74, 6) is -0.512. The van der Waals surface area contributed by atoms with E-state index in [-0.39, 0.29) is 87.3 Å². The van der Waals surface area contributed by atoms with E-state index in [0.717, 1.165) is 4.90 Å². The van der Waals surface area contributed by atoms with Gasteiger partial charge in [-0.25, -0.2) is 26.2 Å². The number of phosphoric acid groups is 1. The molecule has 0 saturated carbocycles. The molecule has 0 aliphatic rings. The van der Waals surface area contributed by atoms with Crippen molar-refractivity contribution in [3.8, 4) is 5.75 Å². The summed E-state index contributed by atoms with van der Waals surface area (Å²) in [6, 6.07) is 4.36. The Morgan fingerprint density at radius 1 is 1.10 bits per heavy atom. The fraction of sp³-hybridized carbons (Fsp3) is 0.462. The molecule has 0 saturated heterocycles. The van der Waals surface area contributed by atoms with Crippen molar-refractivity contribution in [2.24, 2.45) is 0 Å². The van der Waals surface area contributed by atoms with E-state index in [9.17, 15) is 26.2 Å². The van der Waals surface area contributed by atoms with Gasteiger partial charge < -0.3 is 9.42 Å². The summed E-state index contributed by atoms with van der Waals surface area (Å²) < 4.78 is 64.3. The first kappa shape index (κ1) is 33.8. The molecule has 0 unspecified atom stereocenters. The van der Waals surface area contributed by atoms with Crippen LogP contribution in [0.4, 0.5) is 4.79 Å². The van der Waals surface area contributed by atoms with Crippen LogP contribution < -0.4 is 4.52 Å². The van der Waals surface area contributed by atoms with Crippen molar-refractivity contribution in [2.75, 3.05) is 32.0 Å². The Balaban J connectivity index is 0. The molecule has 1 aromatic carbocycles. The Bertz CT molecular complexity index is 1010. The summed E-state index contributed by atoms with van der Waals surface area (Å²) >= 11 is 5.55. The Hall–Kier alpha value is 0.590. The minimum atomic E-state index is -4.89. The Labute approximate surface area is 230 Å². The second-order valence-corrected chi connectivity index (χ2v) is 11.1. The van der Waals surface area contributed by atoms with E-state index in [0.29, 0.717) is 16.9 Å². The number of urea groups is 1. The van der Waals surface area contributed by atoms with Gasteiger partial charge in [0.05, 0.1) is 19.1 Å². The normalized spacial score (nSPS) is 11.8. The molecule has 2 radical (unpaired) electrons. The van der Waals surface area contributed by atoms with Gasteiger partial charge in [0.2, 0.25) is 10.0 Å². The van der Waals surface area contributed by atoms with Crippen molar-refractivity contribution in [3.05, 3.63) is 29.8 Å². The zero-order valence-electron chi connectivity index (χ0n) is 17.7. The van der Waals surface area contributed by atoms with Crippen LogP contribution >= 0.6 is 19.4 Å². The van der Waals surface area contributed by atoms with Crippen molar-refractivity contribution in [1.82, 2.24) is 13.7 Å². The molecule has 1 aromatic rings. The van der Waals surface area contributed by atoms with Gasteiger partial charge in [-0.2, -0.15) is 0 Å². The van der Waals surface area contributed by atoms with E-state index in [1.165, 1.54) is 31.3 Å². The van der Waals surface area contributed by atoms with Crippen LogP contribution in [-0.2, 0) is 31.2 Å². The monoisotopic (exact) mass is 539 g/mol. The molecule has 12 nitrogen and oxygen atoms in total. The summed E-state index contributed by atoms with van der Waals surface area (Å²) in [5.41, 5.74) is 0.142. The first-order valence-corrected chi connectivity index (χ1v) is 13.5. The Morgan fingerprint density at radius 2 is 1.61 bits per heavy atom. The second-order valence-electron chi connectivity index (χ2n) is 5.83. The molecule has 2 N–H and O–H groups in total. The van der Waals surface area contributed by atoms with Gasteiger partial charge in [0.1, 0.15) is 5.75 Å². The van der Waals surface area contributed by atoms with E-state index >= 15 is 0 Å². The van der Waals surface area contributed by atoms with E-state index in [1.54, 1.807) is 0 Å². The third-order valence-corrected chi connectivity index (χ3v) is 6.06. The fourth-order valence-electron chi connectivity index (χ4n) is 2.19. The third-order valence-electron chi connectivity index (χ3n) is 3.26. The zero-order valence-corrected chi connectivity index (χ0v) is 24.9. The summed E-state index contributed by atoms with van der Waals surface area (Å²) in [6.45, 7) is -0.829. The number of phosphoric ester groups is 1. The van der Waals surface area contributed by atoms with Crippen molar-refractivity contribution >= 4 is 105 Å². The number of hydrogen-bond donors (Lipinski definition) is 2. The molecule has 2 amide bonds. The van der Waals surface area contributed by atoms with E-state index in [4.69, 9.17) is 21.4 Å². The number of sulfonamides is 2. The van der Waals surface area contributed by atoms with Crippen LogP contribution in [0.3, 0.4) is 0 Å². The Kier molecular flexibility index (Phi) is 14.7. The number of hydrogen-bond acceptors (Lipinski definition) is 7. The summed E-state index contributed by atoms with van der Waals surface area (Å²) in [7, 11) is -12.3. The smallest absolute Gasteiger partial charge is 0.404 e. The number of halogens is 1. The molecule has 0 atom stereocenters. The third kappa shape index (κ3) is 11.0. The molecule has 0 aromatic heterocycles. The van der Waals surface area contributed by atoms with E-state index in [2.05, 4.69) is 4.52 Å². The van der Waals surface area contributed by atoms with E-state index < -0.39 is 40.4 Å². The quantitative estimate of drug-likeness (QED) is 0.184. The van der Waals surface area contributed by atoms with Crippen molar-refractivity contribution in [3.63, 3.8) is 0 Å². The predicted octanol–water partition coefficient (Wildman–Crippen LogP) is -0.375. The molecular formula is C13H21ClN3Na2O9PS2. The van der Waals surface area contributed by atoms with Gasteiger partial charge >= 0.3 is 13.9 Å². The Morgan fingerprint density at radius 3 is 2.03 bits per heavy atom. The average Bonchev–Trinajstić information content (AvgIpc) is 2.52. The topological polar surface area (TPSA) is 162 Å². The number of alkyl halides is 1. The zero-order chi connectivity index (χ0) is 22.6. The van der Waals surface area contributed by atoms with Crippen LogP contribution in [0.1, 0.15) is 5.56 Å². The maximum atomic E-state index is 12.8. The van der Waals surface area contributed by atoms with Gasteiger partial charge in [-0.15, -0.1) is 16.0 Å². The van der Waals surface area contributed by atoms with Gasteiger partial charge in [-0.3, -0.25) is 9.79 Å². The van der Waals surface area contributed by atoms with Crippen molar-refractivity contribution in [1.29, 1.82) is 0 Å². The molecule has 31 heavy (non-hydrogen) atoms. The minimum absolute atomic E-state index is 0. The molecular weight excluding hydrogens is 519 g/mol. The first-order chi connectivity index (χ1) is 13.1. The van der Waals surface area contributed by atoms with Gasteiger partial charge in [0.25, 0.3) is 10.0 Å². The van der Waals surface area contributed by atoms with Crippen molar-refractivity contribution in [2.45, 2.75) is 6.54 Å². The summed E-state index contributed by atoms with van der Waals surface area (Å²) in [5, 5.41) is 0. The van der Waals surface area contributed by atoms with E-state index in [1.807, 2.05) is 0 Å². The maximum absolute atomic E-state index is 12.8. The van der Waals surface area contributed by atoms with Gasteiger partial charge in [-0.1, -0.05) is 22.6 Å². The van der Waals surface area contributed by atoms with Crippen LogP contribution in [0.5, 0.6) is 5.75 Å². The van der Waals surface area contributed by atoms with Crippen LogP contribution in [0.15, 0.2) is 24.3 Å². The molecule has 0 heterocycles. The largest absolute Gasteiger partial charge is 0.524 e.